The zero-order valence-electron chi connectivity index (χ0n) is 12.6. The lowest BCUT2D eigenvalue weighted by Crippen LogP contribution is -2.43. The van der Waals surface area contributed by atoms with Crippen LogP contribution in [0.5, 0.6) is 0 Å². The molecule has 1 aromatic carbocycles. The minimum Gasteiger partial charge on any atom is -0.338 e. The van der Waals surface area contributed by atoms with Crippen LogP contribution in [0.3, 0.4) is 0 Å². The van der Waals surface area contributed by atoms with Crippen molar-refractivity contribution in [3.05, 3.63) is 52.6 Å². The standard InChI is InChI=1S/C17H18BrN3OS/c18-12-5-6-16(20-11-12)23-15-4-2-1-3-14(15)17(22)21-9-7-13(19)8-10-21/h1-6,11,13H,7-10,19H2. The molecule has 0 spiro atoms. The number of hydrogen-bond acceptors (Lipinski definition) is 4. The number of hydrogen-bond donors (Lipinski definition) is 1. The number of carbonyl (C=O) groups excluding carboxylic acids is 1. The van der Waals surface area contributed by atoms with Gasteiger partial charge in [0.1, 0.15) is 5.03 Å². The summed E-state index contributed by atoms with van der Waals surface area (Å²) in [7, 11) is 0. The first-order valence-corrected chi connectivity index (χ1v) is 9.18. The van der Waals surface area contributed by atoms with Crippen molar-refractivity contribution < 1.29 is 4.79 Å². The van der Waals surface area contributed by atoms with Gasteiger partial charge < -0.3 is 10.6 Å². The minimum absolute atomic E-state index is 0.0807. The lowest BCUT2D eigenvalue weighted by atomic mass is 10.0. The van der Waals surface area contributed by atoms with Gasteiger partial charge in [-0.1, -0.05) is 23.9 Å². The summed E-state index contributed by atoms with van der Waals surface area (Å²) in [5, 5.41) is 0.870. The maximum atomic E-state index is 12.8. The Morgan fingerprint density at radius 2 is 1.96 bits per heavy atom. The van der Waals surface area contributed by atoms with E-state index >= 15 is 0 Å². The second-order valence-corrected chi connectivity index (χ2v) is 7.52. The molecule has 0 aliphatic carbocycles. The van der Waals surface area contributed by atoms with Gasteiger partial charge in [0.15, 0.2) is 0 Å². The van der Waals surface area contributed by atoms with Gasteiger partial charge >= 0.3 is 0 Å². The summed E-state index contributed by atoms with van der Waals surface area (Å²) in [6, 6.07) is 11.8. The van der Waals surface area contributed by atoms with E-state index in [0.717, 1.165) is 45.9 Å². The highest BCUT2D eigenvalue weighted by molar-refractivity contribution is 9.10. The number of amides is 1. The van der Waals surface area contributed by atoms with E-state index in [1.807, 2.05) is 41.3 Å². The molecule has 1 amide bonds. The van der Waals surface area contributed by atoms with Gasteiger partial charge in [-0.05, 0) is 53.0 Å². The summed E-state index contributed by atoms with van der Waals surface area (Å²) in [5.41, 5.74) is 6.66. The molecular formula is C17H18BrN3OS. The van der Waals surface area contributed by atoms with Gasteiger partial charge in [0.2, 0.25) is 0 Å². The third kappa shape index (κ3) is 4.13. The molecular weight excluding hydrogens is 374 g/mol. The molecule has 1 fully saturated rings. The summed E-state index contributed by atoms with van der Waals surface area (Å²) in [4.78, 5) is 20.0. The molecule has 6 heteroatoms. The van der Waals surface area contributed by atoms with Crippen LogP contribution in [0.2, 0.25) is 0 Å². The quantitative estimate of drug-likeness (QED) is 0.868. The molecule has 23 heavy (non-hydrogen) atoms. The monoisotopic (exact) mass is 391 g/mol. The number of piperidine rings is 1. The topological polar surface area (TPSA) is 59.2 Å². The van der Waals surface area contributed by atoms with Crippen molar-refractivity contribution in [3.63, 3.8) is 0 Å². The van der Waals surface area contributed by atoms with Crippen LogP contribution in [0, 0.1) is 0 Å². The molecule has 0 atom stereocenters. The predicted octanol–water partition coefficient (Wildman–Crippen LogP) is 3.56. The molecule has 0 saturated carbocycles. The highest BCUT2D eigenvalue weighted by Crippen LogP contribution is 2.30. The molecule has 2 aromatic rings. The molecule has 0 unspecified atom stereocenters. The maximum Gasteiger partial charge on any atom is 0.255 e. The molecule has 0 bridgehead atoms. The first kappa shape index (κ1) is 16.5. The molecule has 0 radical (unpaired) electrons. The molecule has 1 saturated heterocycles. The summed E-state index contributed by atoms with van der Waals surface area (Å²) in [6.07, 6.45) is 3.50. The summed E-state index contributed by atoms with van der Waals surface area (Å²) >= 11 is 4.89. The number of rotatable bonds is 3. The Bertz CT molecular complexity index is 684. The normalized spacial score (nSPS) is 15.7. The lowest BCUT2D eigenvalue weighted by molar-refractivity contribution is 0.0711. The number of aromatic nitrogens is 1. The molecule has 4 nitrogen and oxygen atoms in total. The van der Waals surface area contributed by atoms with Crippen LogP contribution in [0.4, 0.5) is 0 Å². The Labute approximate surface area is 148 Å². The second-order valence-electron chi connectivity index (χ2n) is 5.54. The third-order valence-corrected chi connectivity index (χ3v) is 5.35. The summed E-state index contributed by atoms with van der Waals surface area (Å²) < 4.78 is 0.941. The highest BCUT2D eigenvalue weighted by atomic mass is 79.9. The Balaban J connectivity index is 1.80. The Kier molecular flexibility index (Phi) is 5.35. The van der Waals surface area contributed by atoms with E-state index in [1.54, 1.807) is 6.20 Å². The van der Waals surface area contributed by atoms with Gasteiger partial charge in [-0.25, -0.2) is 4.98 Å². The van der Waals surface area contributed by atoms with E-state index in [9.17, 15) is 4.79 Å². The SMILES string of the molecule is NC1CCN(C(=O)c2ccccc2Sc2ccc(Br)cn2)CC1. The van der Waals surface area contributed by atoms with Gasteiger partial charge in [0.25, 0.3) is 5.91 Å². The average Bonchev–Trinajstić information content (AvgIpc) is 2.57. The Hall–Kier alpha value is -1.37. The first-order valence-electron chi connectivity index (χ1n) is 7.57. The second kappa shape index (κ2) is 7.47. The number of likely N-dealkylation sites (tertiary alicyclic amines) is 1. The van der Waals surface area contributed by atoms with Crippen LogP contribution in [-0.2, 0) is 0 Å². The molecule has 120 valence electrons. The van der Waals surface area contributed by atoms with Crippen molar-refractivity contribution in [3.8, 4) is 0 Å². The Morgan fingerprint density at radius 3 is 2.65 bits per heavy atom. The van der Waals surface area contributed by atoms with Crippen molar-refractivity contribution in [2.24, 2.45) is 5.73 Å². The molecule has 1 aliphatic rings. The van der Waals surface area contributed by atoms with Crippen molar-refractivity contribution >= 4 is 33.6 Å². The molecule has 3 rings (SSSR count). The van der Waals surface area contributed by atoms with Crippen molar-refractivity contribution in [2.45, 2.75) is 28.8 Å². The minimum atomic E-state index is 0.0807. The smallest absolute Gasteiger partial charge is 0.255 e. The third-order valence-electron chi connectivity index (χ3n) is 3.86. The van der Waals surface area contributed by atoms with Crippen molar-refractivity contribution in [1.82, 2.24) is 9.88 Å². The van der Waals surface area contributed by atoms with Gasteiger partial charge in [0, 0.05) is 34.7 Å². The number of carbonyl (C=O) groups is 1. The van der Waals surface area contributed by atoms with E-state index < -0.39 is 0 Å². The molecule has 1 aliphatic heterocycles. The Morgan fingerprint density at radius 1 is 1.22 bits per heavy atom. The summed E-state index contributed by atoms with van der Waals surface area (Å²) in [5.74, 6) is 0.0807. The number of nitrogens with two attached hydrogens (primary N) is 1. The zero-order valence-corrected chi connectivity index (χ0v) is 15.0. The van der Waals surface area contributed by atoms with Crippen LogP contribution in [-0.4, -0.2) is 34.9 Å². The van der Waals surface area contributed by atoms with Crippen LogP contribution < -0.4 is 5.73 Å². The molecule has 1 aromatic heterocycles. The van der Waals surface area contributed by atoms with Gasteiger partial charge in [-0.3, -0.25) is 4.79 Å². The van der Waals surface area contributed by atoms with Crippen molar-refractivity contribution in [1.29, 1.82) is 0 Å². The van der Waals surface area contributed by atoms with Gasteiger partial charge in [-0.15, -0.1) is 0 Å². The number of nitrogens with zero attached hydrogens (tertiary/aromatic N) is 2. The first-order chi connectivity index (χ1) is 11.1. The average molecular weight is 392 g/mol. The lowest BCUT2D eigenvalue weighted by Gasteiger charge is -2.30. The highest BCUT2D eigenvalue weighted by Gasteiger charge is 2.23. The molecule has 2 heterocycles. The van der Waals surface area contributed by atoms with Crippen LogP contribution in [0.1, 0.15) is 23.2 Å². The van der Waals surface area contributed by atoms with Crippen LogP contribution in [0.25, 0.3) is 0 Å². The van der Waals surface area contributed by atoms with Gasteiger partial charge in [-0.2, -0.15) is 0 Å². The van der Waals surface area contributed by atoms with E-state index in [4.69, 9.17) is 5.73 Å². The molecule has 2 N–H and O–H groups in total. The predicted molar refractivity (Wildman–Crippen MR) is 95.6 cm³/mol. The fourth-order valence-corrected chi connectivity index (χ4v) is 3.65. The van der Waals surface area contributed by atoms with E-state index in [2.05, 4.69) is 20.9 Å². The van der Waals surface area contributed by atoms with E-state index in [-0.39, 0.29) is 11.9 Å². The number of benzene rings is 1. The largest absolute Gasteiger partial charge is 0.338 e. The van der Waals surface area contributed by atoms with Crippen LogP contribution in [0.15, 0.2) is 57.0 Å². The number of halogens is 1. The van der Waals surface area contributed by atoms with Crippen LogP contribution >= 0.6 is 27.7 Å². The summed E-state index contributed by atoms with van der Waals surface area (Å²) in [6.45, 7) is 1.46. The fourth-order valence-electron chi connectivity index (χ4n) is 2.54. The van der Waals surface area contributed by atoms with E-state index in [0.29, 0.717) is 0 Å². The fraction of sp³-hybridized carbons (Fsp3) is 0.294. The number of pyridine rings is 1. The van der Waals surface area contributed by atoms with Crippen molar-refractivity contribution in [2.75, 3.05) is 13.1 Å². The maximum absolute atomic E-state index is 12.8. The van der Waals surface area contributed by atoms with Gasteiger partial charge in [0.05, 0.1) is 5.56 Å². The van der Waals surface area contributed by atoms with E-state index in [1.165, 1.54) is 11.8 Å². The zero-order chi connectivity index (χ0) is 16.2.